The summed E-state index contributed by atoms with van der Waals surface area (Å²) in [4.78, 5) is 0. The van der Waals surface area contributed by atoms with Crippen molar-refractivity contribution < 1.29 is 18.3 Å². The van der Waals surface area contributed by atoms with Gasteiger partial charge in [-0.25, -0.2) is 13.2 Å². The standard InChI is InChI=1S/C13H18F3NO/c1-13(2,3)12(17)6-11(18)7-4-9(15)10(16)5-8(7)14/h4-5,11-12,18H,6,17H2,1-3H3/t11-,12-/m1/s1. The minimum absolute atomic E-state index is 0.0749. The summed E-state index contributed by atoms with van der Waals surface area (Å²) in [6.07, 6.45) is -1.18. The molecular formula is C13H18F3NO. The quantitative estimate of drug-likeness (QED) is 0.822. The first-order chi connectivity index (χ1) is 8.12. The average molecular weight is 261 g/mol. The summed E-state index contributed by atoms with van der Waals surface area (Å²) in [7, 11) is 0. The molecular weight excluding hydrogens is 243 g/mol. The molecule has 102 valence electrons. The predicted molar refractivity (Wildman–Crippen MR) is 63.3 cm³/mol. The number of aliphatic hydroxyl groups is 1. The van der Waals surface area contributed by atoms with Crippen molar-refractivity contribution in [1.82, 2.24) is 0 Å². The molecule has 0 amide bonds. The zero-order valence-electron chi connectivity index (χ0n) is 10.7. The third-order valence-electron chi connectivity index (χ3n) is 2.99. The fourth-order valence-corrected chi connectivity index (χ4v) is 1.51. The van der Waals surface area contributed by atoms with Crippen LogP contribution in [-0.2, 0) is 0 Å². The first kappa shape index (κ1) is 15.0. The summed E-state index contributed by atoms with van der Waals surface area (Å²) >= 11 is 0. The van der Waals surface area contributed by atoms with Gasteiger partial charge in [0.2, 0.25) is 0 Å². The minimum Gasteiger partial charge on any atom is -0.388 e. The van der Waals surface area contributed by atoms with Gasteiger partial charge in [0, 0.05) is 17.7 Å². The summed E-state index contributed by atoms with van der Waals surface area (Å²) in [5, 5.41) is 9.84. The van der Waals surface area contributed by atoms with Crippen LogP contribution in [0.2, 0.25) is 0 Å². The van der Waals surface area contributed by atoms with Gasteiger partial charge in [0.15, 0.2) is 11.6 Å². The summed E-state index contributed by atoms with van der Waals surface area (Å²) in [6, 6.07) is 0.710. The molecule has 0 aliphatic heterocycles. The molecule has 0 fully saturated rings. The third kappa shape index (κ3) is 3.46. The van der Waals surface area contributed by atoms with E-state index >= 15 is 0 Å². The molecule has 0 saturated carbocycles. The second-order valence-corrected chi connectivity index (χ2v) is 5.51. The van der Waals surface area contributed by atoms with Gasteiger partial charge in [-0.05, 0) is 17.9 Å². The van der Waals surface area contributed by atoms with E-state index in [2.05, 4.69) is 0 Å². The van der Waals surface area contributed by atoms with Crippen LogP contribution in [0.3, 0.4) is 0 Å². The maximum atomic E-state index is 13.4. The molecule has 18 heavy (non-hydrogen) atoms. The fourth-order valence-electron chi connectivity index (χ4n) is 1.51. The number of aliphatic hydroxyl groups excluding tert-OH is 1. The van der Waals surface area contributed by atoms with Gasteiger partial charge in [-0.15, -0.1) is 0 Å². The Bertz CT molecular complexity index is 429. The van der Waals surface area contributed by atoms with Crippen molar-refractivity contribution in [3.63, 3.8) is 0 Å². The number of rotatable bonds is 3. The fraction of sp³-hybridized carbons (Fsp3) is 0.538. The van der Waals surface area contributed by atoms with Crippen LogP contribution in [0.1, 0.15) is 38.9 Å². The van der Waals surface area contributed by atoms with E-state index in [4.69, 9.17) is 5.73 Å². The number of halogens is 3. The van der Waals surface area contributed by atoms with Gasteiger partial charge in [-0.3, -0.25) is 0 Å². The molecule has 1 aromatic rings. The van der Waals surface area contributed by atoms with E-state index in [1.54, 1.807) is 0 Å². The van der Waals surface area contributed by atoms with E-state index < -0.39 is 23.6 Å². The van der Waals surface area contributed by atoms with E-state index in [1.165, 1.54) is 0 Å². The lowest BCUT2D eigenvalue weighted by Gasteiger charge is -2.29. The van der Waals surface area contributed by atoms with Crippen LogP contribution in [0.15, 0.2) is 12.1 Å². The Labute approximate surface area is 105 Å². The van der Waals surface area contributed by atoms with Gasteiger partial charge in [0.05, 0.1) is 6.10 Å². The first-order valence-corrected chi connectivity index (χ1v) is 5.71. The molecule has 0 saturated heterocycles. The maximum absolute atomic E-state index is 13.4. The van der Waals surface area contributed by atoms with Crippen LogP contribution in [0.4, 0.5) is 13.2 Å². The molecule has 3 N–H and O–H groups in total. The summed E-state index contributed by atoms with van der Waals surface area (Å²) in [5.74, 6) is -3.43. The van der Waals surface area contributed by atoms with Gasteiger partial charge in [-0.1, -0.05) is 20.8 Å². The molecule has 0 heterocycles. The Morgan fingerprint density at radius 2 is 1.61 bits per heavy atom. The van der Waals surface area contributed by atoms with Crippen LogP contribution in [0.25, 0.3) is 0 Å². The molecule has 1 aromatic carbocycles. The van der Waals surface area contributed by atoms with Gasteiger partial charge in [0.1, 0.15) is 5.82 Å². The molecule has 0 aliphatic carbocycles. The maximum Gasteiger partial charge on any atom is 0.161 e. The van der Waals surface area contributed by atoms with Crippen molar-refractivity contribution >= 4 is 0 Å². The first-order valence-electron chi connectivity index (χ1n) is 5.71. The summed E-state index contributed by atoms with van der Waals surface area (Å²) in [5.41, 5.74) is 5.32. The lowest BCUT2D eigenvalue weighted by molar-refractivity contribution is 0.129. The molecule has 2 atom stereocenters. The Hall–Kier alpha value is -1.07. The monoisotopic (exact) mass is 261 g/mol. The topological polar surface area (TPSA) is 46.2 Å². The highest BCUT2D eigenvalue weighted by Crippen LogP contribution is 2.28. The molecule has 0 spiro atoms. The zero-order chi connectivity index (χ0) is 14.1. The van der Waals surface area contributed by atoms with Gasteiger partial charge in [0.25, 0.3) is 0 Å². The van der Waals surface area contributed by atoms with Crippen LogP contribution < -0.4 is 5.73 Å². The Balaban J connectivity index is 2.91. The highest BCUT2D eigenvalue weighted by molar-refractivity contribution is 5.22. The smallest absolute Gasteiger partial charge is 0.161 e. The molecule has 0 aromatic heterocycles. The molecule has 1 rings (SSSR count). The summed E-state index contributed by atoms with van der Waals surface area (Å²) in [6.45, 7) is 5.64. The second-order valence-electron chi connectivity index (χ2n) is 5.51. The normalized spacial score (nSPS) is 15.6. The Kier molecular flexibility index (Phi) is 4.40. The van der Waals surface area contributed by atoms with E-state index in [9.17, 15) is 18.3 Å². The molecule has 0 radical (unpaired) electrons. The Morgan fingerprint density at radius 3 is 2.11 bits per heavy atom. The highest BCUT2D eigenvalue weighted by atomic mass is 19.2. The lowest BCUT2D eigenvalue weighted by Crippen LogP contribution is -2.36. The van der Waals surface area contributed by atoms with Crippen molar-refractivity contribution in [1.29, 1.82) is 0 Å². The third-order valence-corrected chi connectivity index (χ3v) is 2.99. The van der Waals surface area contributed by atoms with Crippen molar-refractivity contribution in [3.05, 3.63) is 35.1 Å². The van der Waals surface area contributed by atoms with Crippen molar-refractivity contribution in [2.24, 2.45) is 11.1 Å². The minimum atomic E-state index is -1.27. The van der Waals surface area contributed by atoms with E-state index in [1.807, 2.05) is 20.8 Å². The highest BCUT2D eigenvalue weighted by Gasteiger charge is 2.26. The average Bonchev–Trinajstić information content (AvgIpc) is 2.21. The van der Waals surface area contributed by atoms with Crippen molar-refractivity contribution in [3.8, 4) is 0 Å². The number of hydrogen-bond donors (Lipinski definition) is 2. The SMILES string of the molecule is CC(C)(C)[C@H](N)C[C@@H](O)c1cc(F)c(F)cc1F. The zero-order valence-corrected chi connectivity index (χ0v) is 10.7. The van der Waals surface area contributed by atoms with Crippen LogP contribution in [-0.4, -0.2) is 11.1 Å². The number of nitrogens with two attached hydrogens (primary N) is 1. The van der Waals surface area contributed by atoms with E-state index in [0.717, 1.165) is 0 Å². The van der Waals surface area contributed by atoms with Crippen LogP contribution >= 0.6 is 0 Å². The molecule has 2 nitrogen and oxygen atoms in total. The molecule has 0 aliphatic rings. The van der Waals surface area contributed by atoms with Gasteiger partial charge < -0.3 is 10.8 Å². The predicted octanol–water partition coefficient (Wildman–Crippen LogP) is 2.90. The van der Waals surface area contributed by atoms with Crippen LogP contribution in [0, 0.1) is 22.9 Å². The van der Waals surface area contributed by atoms with Crippen LogP contribution in [0.5, 0.6) is 0 Å². The second kappa shape index (κ2) is 5.28. The van der Waals surface area contributed by atoms with Gasteiger partial charge >= 0.3 is 0 Å². The van der Waals surface area contributed by atoms with E-state index in [-0.39, 0.29) is 23.4 Å². The molecule has 5 heteroatoms. The lowest BCUT2D eigenvalue weighted by atomic mass is 9.83. The number of benzene rings is 1. The molecule has 0 bridgehead atoms. The Morgan fingerprint density at radius 1 is 1.11 bits per heavy atom. The van der Waals surface area contributed by atoms with E-state index in [0.29, 0.717) is 12.1 Å². The van der Waals surface area contributed by atoms with Crippen molar-refractivity contribution in [2.45, 2.75) is 39.3 Å². The number of hydrogen-bond acceptors (Lipinski definition) is 2. The largest absolute Gasteiger partial charge is 0.388 e. The van der Waals surface area contributed by atoms with Crippen molar-refractivity contribution in [2.75, 3.05) is 0 Å². The summed E-state index contributed by atoms with van der Waals surface area (Å²) < 4.78 is 39.2. The van der Waals surface area contributed by atoms with Gasteiger partial charge in [-0.2, -0.15) is 0 Å². The molecule has 0 unspecified atom stereocenters.